The molecule has 20 heavy (non-hydrogen) atoms. The summed E-state index contributed by atoms with van der Waals surface area (Å²) in [5.41, 5.74) is 5.52. The average molecular weight is 297 g/mol. The van der Waals surface area contributed by atoms with Crippen molar-refractivity contribution in [3.05, 3.63) is 0 Å². The van der Waals surface area contributed by atoms with E-state index < -0.39 is 5.54 Å². The number of nitrogens with zero attached hydrogens (tertiary/aromatic N) is 1. The highest BCUT2D eigenvalue weighted by molar-refractivity contribution is 7.80. The van der Waals surface area contributed by atoms with E-state index in [0.717, 1.165) is 45.2 Å². The van der Waals surface area contributed by atoms with Gasteiger partial charge in [-0.1, -0.05) is 44.8 Å². The van der Waals surface area contributed by atoms with Gasteiger partial charge in [0.05, 0.1) is 10.5 Å². The molecule has 0 aromatic heterocycles. The Labute approximate surface area is 127 Å². The number of hydrogen-bond acceptors (Lipinski definition) is 2. The number of urea groups is 1. The Morgan fingerprint density at radius 2 is 1.90 bits per heavy atom. The molecule has 2 fully saturated rings. The molecule has 1 atom stereocenters. The smallest absolute Gasteiger partial charge is 0.318 e. The van der Waals surface area contributed by atoms with Gasteiger partial charge in [0, 0.05) is 13.1 Å². The molecule has 0 aromatic carbocycles. The summed E-state index contributed by atoms with van der Waals surface area (Å²) in [5, 5.41) is 3.18. The third-order valence-electron chi connectivity index (χ3n) is 4.72. The zero-order valence-corrected chi connectivity index (χ0v) is 13.3. The van der Waals surface area contributed by atoms with Crippen LogP contribution in [0.25, 0.3) is 0 Å². The van der Waals surface area contributed by atoms with Crippen molar-refractivity contribution in [3.63, 3.8) is 0 Å². The lowest BCUT2D eigenvalue weighted by Gasteiger charge is -2.37. The Morgan fingerprint density at radius 3 is 2.45 bits per heavy atom. The summed E-state index contributed by atoms with van der Waals surface area (Å²) >= 11 is 5.28. The van der Waals surface area contributed by atoms with Crippen molar-refractivity contribution < 1.29 is 4.79 Å². The number of thiocarbonyl (C=S) groups is 1. The maximum absolute atomic E-state index is 12.5. The Kier molecular flexibility index (Phi) is 5.24. The van der Waals surface area contributed by atoms with E-state index in [1.165, 1.54) is 19.3 Å². The Bertz CT molecular complexity index is 364. The van der Waals surface area contributed by atoms with E-state index in [4.69, 9.17) is 18.0 Å². The lowest BCUT2D eigenvalue weighted by Crippen LogP contribution is -2.60. The summed E-state index contributed by atoms with van der Waals surface area (Å²) in [6.07, 6.45) is 8.68. The van der Waals surface area contributed by atoms with Crippen LogP contribution in [0.4, 0.5) is 4.79 Å². The van der Waals surface area contributed by atoms with Gasteiger partial charge in [-0.15, -0.1) is 0 Å². The largest absolute Gasteiger partial charge is 0.391 e. The molecule has 2 amide bonds. The van der Waals surface area contributed by atoms with E-state index in [9.17, 15) is 4.79 Å². The molecule has 5 heteroatoms. The van der Waals surface area contributed by atoms with Crippen LogP contribution < -0.4 is 11.1 Å². The number of piperidine rings is 1. The predicted molar refractivity (Wildman–Crippen MR) is 85.7 cm³/mol. The van der Waals surface area contributed by atoms with Crippen molar-refractivity contribution in [1.29, 1.82) is 0 Å². The van der Waals surface area contributed by atoms with E-state index in [-0.39, 0.29) is 6.03 Å². The Morgan fingerprint density at radius 1 is 1.25 bits per heavy atom. The average Bonchev–Trinajstić information content (AvgIpc) is 2.65. The zero-order chi connectivity index (χ0) is 14.6. The van der Waals surface area contributed by atoms with Crippen LogP contribution in [0.15, 0.2) is 0 Å². The second-order valence-corrected chi connectivity index (χ2v) is 6.92. The topological polar surface area (TPSA) is 58.4 Å². The maximum atomic E-state index is 12.5. The number of rotatable bonds is 2. The molecule has 0 radical (unpaired) electrons. The maximum Gasteiger partial charge on any atom is 0.318 e. The Hall–Kier alpha value is -0.840. The molecule has 1 saturated carbocycles. The highest BCUT2D eigenvalue weighted by Crippen LogP contribution is 2.28. The quantitative estimate of drug-likeness (QED) is 0.608. The fourth-order valence-electron chi connectivity index (χ4n) is 3.42. The highest BCUT2D eigenvalue weighted by atomic mass is 32.1. The van der Waals surface area contributed by atoms with Crippen LogP contribution >= 0.6 is 12.2 Å². The van der Waals surface area contributed by atoms with Crippen LogP contribution in [-0.4, -0.2) is 34.5 Å². The zero-order valence-electron chi connectivity index (χ0n) is 12.5. The number of likely N-dealkylation sites (tertiary alicyclic amines) is 1. The monoisotopic (exact) mass is 297 g/mol. The fraction of sp³-hybridized carbons (Fsp3) is 0.867. The fourth-order valence-corrected chi connectivity index (χ4v) is 3.68. The van der Waals surface area contributed by atoms with Crippen LogP contribution in [0, 0.1) is 5.92 Å². The molecular weight excluding hydrogens is 270 g/mol. The first-order valence-corrected chi connectivity index (χ1v) is 8.31. The number of hydrogen-bond donors (Lipinski definition) is 2. The van der Waals surface area contributed by atoms with Crippen LogP contribution in [0.2, 0.25) is 0 Å². The van der Waals surface area contributed by atoms with Gasteiger partial charge in [0.2, 0.25) is 0 Å². The van der Waals surface area contributed by atoms with E-state index in [2.05, 4.69) is 12.2 Å². The predicted octanol–water partition coefficient (Wildman–Crippen LogP) is 2.81. The van der Waals surface area contributed by atoms with Gasteiger partial charge in [-0.2, -0.15) is 0 Å². The summed E-state index contributed by atoms with van der Waals surface area (Å²) in [5.74, 6) is 0.587. The van der Waals surface area contributed by atoms with Gasteiger partial charge in [0.1, 0.15) is 0 Å². The van der Waals surface area contributed by atoms with Crippen LogP contribution in [0.1, 0.15) is 58.3 Å². The van der Waals surface area contributed by atoms with Gasteiger partial charge in [0.25, 0.3) is 0 Å². The van der Waals surface area contributed by atoms with E-state index in [0.29, 0.717) is 10.9 Å². The number of carbonyl (C=O) groups excluding carboxylic acids is 1. The van der Waals surface area contributed by atoms with E-state index >= 15 is 0 Å². The summed E-state index contributed by atoms with van der Waals surface area (Å²) in [6.45, 7) is 3.90. The normalized spacial score (nSPS) is 26.6. The third kappa shape index (κ3) is 3.62. The molecule has 1 unspecified atom stereocenters. The molecule has 1 aliphatic carbocycles. The molecule has 114 valence electrons. The van der Waals surface area contributed by atoms with Crippen molar-refractivity contribution in [2.45, 2.75) is 63.8 Å². The summed E-state index contributed by atoms with van der Waals surface area (Å²) < 4.78 is 0. The van der Waals surface area contributed by atoms with E-state index in [1.807, 2.05) is 4.90 Å². The first-order chi connectivity index (χ1) is 9.53. The standard InChI is InChI=1S/C15H27N3OS/c1-12-7-6-10-18(11-12)14(19)17-15(13(16)20)8-4-2-3-5-9-15/h12H,2-11H2,1H3,(H2,16,20)(H,17,19). The molecular formula is C15H27N3OS. The van der Waals surface area contributed by atoms with E-state index in [1.54, 1.807) is 0 Å². The summed E-state index contributed by atoms with van der Waals surface area (Å²) in [4.78, 5) is 14.9. The number of carbonyl (C=O) groups is 1. The second-order valence-electron chi connectivity index (χ2n) is 6.48. The van der Waals surface area contributed by atoms with Crippen LogP contribution in [-0.2, 0) is 0 Å². The second kappa shape index (κ2) is 6.74. The van der Waals surface area contributed by atoms with Crippen molar-refractivity contribution in [2.24, 2.45) is 11.7 Å². The number of amides is 2. The molecule has 1 aliphatic heterocycles. The van der Waals surface area contributed by atoms with Gasteiger partial charge in [-0.05, 0) is 31.6 Å². The molecule has 2 aliphatic rings. The van der Waals surface area contributed by atoms with Crippen molar-refractivity contribution >= 4 is 23.2 Å². The third-order valence-corrected chi connectivity index (χ3v) is 5.11. The number of nitrogens with two attached hydrogens (primary N) is 1. The first-order valence-electron chi connectivity index (χ1n) is 7.90. The lowest BCUT2D eigenvalue weighted by molar-refractivity contribution is 0.161. The molecule has 1 heterocycles. The molecule has 0 spiro atoms. The molecule has 2 rings (SSSR count). The van der Waals surface area contributed by atoms with Crippen molar-refractivity contribution in [1.82, 2.24) is 10.2 Å². The van der Waals surface area contributed by atoms with Gasteiger partial charge in [0.15, 0.2) is 0 Å². The van der Waals surface area contributed by atoms with Gasteiger partial charge >= 0.3 is 6.03 Å². The van der Waals surface area contributed by atoms with Crippen LogP contribution in [0.5, 0.6) is 0 Å². The Balaban J connectivity index is 2.03. The molecule has 1 saturated heterocycles. The summed E-state index contributed by atoms with van der Waals surface area (Å²) in [7, 11) is 0. The molecule has 0 bridgehead atoms. The highest BCUT2D eigenvalue weighted by Gasteiger charge is 2.37. The van der Waals surface area contributed by atoms with Gasteiger partial charge in [-0.25, -0.2) is 4.79 Å². The van der Waals surface area contributed by atoms with Gasteiger partial charge in [-0.3, -0.25) is 0 Å². The van der Waals surface area contributed by atoms with Gasteiger partial charge < -0.3 is 16.0 Å². The minimum Gasteiger partial charge on any atom is -0.391 e. The molecule has 0 aromatic rings. The lowest BCUT2D eigenvalue weighted by atomic mass is 9.90. The minimum atomic E-state index is -0.455. The molecule has 3 N–H and O–H groups in total. The van der Waals surface area contributed by atoms with Crippen molar-refractivity contribution in [3.8, 4) is 0 Å². The molecule has 4 nitrogen and oxygen atoms in total. The number of nitrogens with one attached hydrogen (secondary N) is 1. The summed E-state index contributed by atoms with van der Waals surface area (Å²) in [6, 6.07) is 0.0197. The van der Waals surface area contributed by atoms with Crippen LogP contribution in [0.3, 0.4) is 0 Å². The first kappa shape index (κ1) is 15.5. The SMILES string of the molecule is CC1CCCN(C(=O)NC2(C(N)=S)CCCCCC2)C1. The van der Waals surface area contributed by atoms with Crippen molar-refractivity contribution in [2.75, 3.05) is 13.1 Å². The minimum absolute atomic E-state index is 0.0197.